The molecule has 1 aromatic heterocycles. The van der Waals surface area contributed by atoms with Crippen LogP contribution in [0.3, 0.4) is 0 Å². The van der Waals surface area contributed by atoms with E-state index in [1.807, 2.05) is 31.2 Å². The predicted molar refractivity (Wildman–Crippen MR) is 134 cm³/mol. The van der Waals surface area contributed by atoms with Crippen LogP contribution in [0.25, 0.3) is 10.4 Å². The number of benzene rings is 2. The first kappa shape index (κ1) is 25.7. The van der Waals surface area contributed by atoms with Crippen LogP contribution in [-0.2, 0) is 21.2 Å². The number of aryl methyl sites for hydroxylation is 1. The number of carbonyl (C=O) groups excluding carboxylic acids is 1. The Bertz CT molecular complexity index is 1270. The maximum absolute atomic E-state index is 13.2. The fourth-order valence-corrected chi connectivity index (χ4v) is 6.24. The van der Waals surface area contributed by atoms with E-state index < -0.39 is 10.0 Å². The van der Waals surface area contributed by atoms with E-state index in [0.717, 1.165) is 10.4 Å². The van der Waals surface area contributed by atoms with Gasteiger partial charge in [0.2, 0.25) is 15.9 Å². The number of methoxy groups -OCH3 is 2. The molecule has 0 fully saturated rings. The second-order valence-corrected chi connectivity index (χ2v) is 10.3. The Labute approximate surface area is 204 Å². The lowest BCUT2D eigenvalue weighted by molar-refractivity contribution is -0.115. The van der Waals surface area contributed by atoms with Gasteiger partial charge in [-0.15, -0.1) is 0 Å². The molecule has 10 heteroatoms. The van der Waals surface area contributed by atoms with Crippen LogP contribution in [-0.4, -0.2) is 50.9 Å². The molecule has 0 aliphatic heterocycles. The lowest BCUT2D eigenvalue weighted by Crippen LogP contribution is -2.30. The van der Waals surface area contributed by atoms with E-state index in [1.165, 1.54) is 22.8 Å². The molecule has 1 N–H and O–H groups in total. The van der Waals surface area contributed by atoms with Crippen molar-refractivity contribution in [1.29, 1.82) is 0 Å². The van der Waals surface area contributed by atoms with Crippen LogP contribution < -0.4 is 14.8 Å². The number of aromatic nitrogens is 1. The number of nitrogens with one attached hydrogen (secondary N) is 1. The molecule has 0 aliphatic rings. The van der Waals surface area contributed by atoms with Gasteiger partial charge in [0.25, 0.3) is 0 Å². The lowest BCUT2D eigenvalue weighted by atomic mass is 10.1. The summed E-state index contributed by atoms with van der Waals surface area (Å²) < 4.78 is 38.4. The number of para-hydroxylation sites is 1. The van der Waals surface area contributed by atoms with Gasteiger partial charge in [-0.05, 0) is 36.8 Å². The van der Waals surface area contributed by atoms with Gasteiger partial charge in [0.15, 0.2) is 5.13 Å². The van der Waals surface area contributed by atoms with Gasteiger partial charge < -0.3 is 14.8 Å². The molecule has 1 amide bonds. The Morgan fingerprint density at radius 2 is 1.74 bits per heavy atom. The molecule has 34 heavy (non-hydrogen) atoms. The summed E-state index contributed by atoms with van der Waals surface area (Å²) >= 11 is 1.29. The van der Waals surface area contributed by atoms with Gasteiger partial charge in [-0.25, -0.2) is 13.4 Å². The molecule has 8 nitrogen and oxygen atoms in total. The first-order valence-electron chi connectivity index (χ1n) is 10.8. The topological polar surface area (TPSA) is 97.8 Å². The lowest BCUT2D eigenvalue weighted by Gasteiger charge is -2.20. The molecule has 182 valence electrons. The van der Waals surface area contributed by atoms with Crippen LogP contribution in [0.1, 0.15) is 25.1 Å². The van der Waals surface area contributed by atoms with E-state index in [1.54, 1.807) is 39.2 Å². The van der Waals surface area contributed by atoms with Gasteiger partial charge in [0.1, 0.15) is 16.4 Å². The number of anilines is 1. The normalized spacial score (nSPS) is 11.5. The molecule has 0 aliphatic carbocycles. The van der Waals surface area contributed by atoms with E-state index in [4.69, 9.17) is 9.47 Å². The van der Waals surface area contributed by atoms with Crippen molar-refractivity contribution in [3.63, 3.8) is 0 Å². The van der Waals surface area contributed by atoms with Crippen molar-refractivity contribution >= 4 is 32.4 Å². The summed E-state index contributed by atoms with van der Waals surface area (Å²) in [5.41, 5.74) is 2.15. The highest BCUT2D eigenvalue weighted by Gasteiger charge is 2.27. The number of sulfonamides is 1. The Morgan fingerprint density at radius 1 is 1.06 bits per heavy atom. The van der Waals surface area contributed by atoms with Crippen molar-refractivity contribution < 1.29 is 22.7 Å². The van der Waals surface area contributed by atoms with E-state index in [0.29, 0.717) is 35.2 Å². The predicted octanol–water partition coefficient (Wildman–Crippen LogP) is 4.35. The van der Waals surface area contributed by atoms with Gasteiger partial charge in [-0.1, -0.05) is 43.4 Å². The Hall–Kier alpha value is -2.95. The highest BCUT2D eigenvalue weighted by Crippen LogP contribution is 2.37. The highest BCUT2D eigenvalue weighted by atomic mass is 32.2. The number of thiazole rings is 1. The van der Waals surface area contributed by atoms with E-state index in [9.17, 15) is 13.2 Å². The molecular formula is C24H29N3O5S2. The van der Waals surface area contributed by atoms with Crippen LogP contribution >= 0.6 is 11.3 Å². The molecule has 0 saturated heterocycles. The SMILES string of the molecule is CCN(CC)S(=O)(=O)c1cc(-c2sc(NC(=O)Cc3ccccc3OC)nc2C)ccc1OC. The van der Waals surface area contributed by atoms with Crippen LogP contribution in [0.2, 0.25) is 0 Å². The van der Waals surface area contributed by atoms with Crippen LogP contribution in [0.5, 0.6) is 11.5 Å². The number of ether oxygens (including phenoxy) is 2. The molecular weight excluding hydrogens is 474 g/mol. The molecule has 3 aromatic rings. The molecule has 0 unspecified atom stereocenters. The van der Waals surface area contributed by atoms with Gasteiger partial charge in [-0.3, -0.25) is 4.79 Å². The van der Waals surface area contributed by atoms with E-state index >= 15 is 0 Å². The summed E-state index contributed by atoms with van der Waals surface area (Å²) in [6.07, 6.45) is 0.146. The minimum atomic E-state index is -3.73. The summed E-state index contributed by atoms with van der Waals surface area (Å²) in [5, 5.41) is 3.28. The molecule has 0 atom stereocenters. The zero-order valence-corrected chi connectivity index (χ0v) is 21.5. The fourth-order valence-electron chi connectivity index (χ4n) is 3.63. The summed E-state index contributed by atoms with van der Waals surface area (Å²) in [6, 6.07) is 12.4. The largest absolute Gasteiger partial charge is 0.496 e. The number of hydrogen-bond donors (Lipinski definition) is 1. The van der Waals surface area contributed by atoms with Crippen molar-refractivity contribution in [1.82, 2.24) is 9.29 Å². The van der Waals surface area contributed by atoms with Crippen LogP contribution in [0, 0.1) is 6.92 Å². The number of nitrogens with zero attached hydrogens (tertiary/aromatic N) is 2. The third-order valence-corrected chi connectivity index (χ3v) is 8.53. The average molecular weight is 504 g/mol. The van der Waals surface area contributed by atoms with Crippen LogP contribution in [0.15, 0.2) is 47.4 Å². The summed E-state index contributed by atoms with van der Waals surface area (Å²) in [4.78, 5) is 18.0. The minimum Gasteiger partial charge on any atom is -0.496 e. The van der Waals surface area contributed by atoms with Crippen molar-refractivity contribution in [2.45, 2.75) is 32.1 Å². The first-order chi connectivity index (χ1) is 16.2. The maximum atomic E-state index is 13.2. The second kappa shape index (κ2) is 11.0. The molecule has 0 radical (unpaired) electrons. The molecule has 3 rings (SSSR count). The van der Waals surface area contributed by atoms with Gasteiger partial charge in [0.05, 0.1) is 31.2 Å². The van der Waals surface area contributed by atoms with Crippen molar-refractivity contribution in [2.75, 3.05) is 32.6 Å². The number of hydrogen-bond acceptors (Lipinski definition) is 7. The van der Waals surface area contributed by atoms with Gasteiger partial charge in [0, 0.05) is 18.7 Å². The summed E-state index contributed by atoms with van der Waals surface area (Å²) in [6.45, 7) is 6.13. The number of amides is 1. The summed E-state index contributed by atoms with van der Waals surface area (Å²) in [7, 11) is -0.716. The molecule has 2 aromatic carbocycles. The molecule has 1 heterocycles. The third-order valence-electron chi connectivity index (χ3n) is 5.34. The zero-order valence-electron chi connectivity index (χ0n) is 19.9. The average Bonchev–Trinajstić information content (AvgIpc) is 3.19. The van der Waals surface area contributed by atoms with Crippen molar-refractivity contribution in [2.24, 2.45) is 0 Å². The quantitative estimate of drug-likeness (QED) is 0.442. The smallest absolute Gasteiger partial charge is 0.246 e. The van der Waals surface area contributed by atoms with Gasteiger partial charge >= 0.3 is 0 Å². The molecule has 0 bridgehead atoms. The first-order valence-corrected chi connectivity index (χ1v) is 13.1. The maximum Gasteiger partial charge on any atom is 0.246 e. The zero-order chi connectivity index (χ0) is 24.9. The Morgan fingerprint density at radius 3 is 2.38 bits per heavy atom. The summed E-state index contributed by atoms with van der Waals surface area (Å²) in [5.74, 6) is 0.710. The molecule has 0 saturated carbocycles. The highest BCUT2D eigenvalue weighted by molar-refractivity contribution is 7.89. The van der Waals surface area contributed by atoms with Crippen LogP contribution in [0.4, 0.5) is 5.13 Å². The van der Waals surface area contributed by atoms with E-state index in [-0.39, 0.29) is 23.0 Å². The standard InChI is InChI=1S/C24H29N3O5S2/c1-6-27(7-2)34(29,30)21-14-18(12-13-20(21)32-5)23-16(3)25-24(33-23)26-22(28)15-17-10-8-9-11-19(17)31-4/h8-14H,6-7,15H2,1-5H3,(H,25,26,28). The Kier molecular flexibility index (Phi) is 8.29. The number of rotatable bonds is 10. The van der Waals surface area contributed by atoms with Crippen molar-refractivity contribution in [3.05, 3.63) is 53.7 Å². The number of carbonyl (C=O) groups is 1. The van der Waals surface area contributed by atoms with Crippen molar-refractivity contribution in [3.8, 4) is 21.9 Å². The monoisotopic (exact) mass is 503 g/mol. The Balaban J connectivity index is 1.89. The van der Waals surface area contributed by atoms with Gasteiger partial charge in [-0.2, -0.15) is 4.31 Å². The third kappa shape index (κ3) is 5.40. The fraction of sp³-hybridized carbons (Fsp3) is 0.333. The minimum absolute atomic E-state index is 0.103. The second-order valence-electron chi connectivity index (χ2n) is 7.43. The molecule has 0 spiro atoms. The van der Waals surface area contributed by atoms with E-state index in [2.05, 4.69) is 10.3 Å².